The van der Waals surface area contributed by atoms with Crippen molar-refractivity contribution in [2.45, 2.75) is 13.5 Å². The molecule has 4 heteroatoms. The third-order valence-corrected chi connectivity index (χ3v) is 2.28. The van der Waals surface area contributed by atoms with Crippen molar-refractivity contribution in [1.82, 2.24) is 20.5 Å². The van der Waals surface area contributed by atoms with Gasteiger partial charge in [-0.25, -0.2) is 4.98 Å². The van der Waals surface area contributed by atoms with Crippen molar-refractivity contribution in [3.63, 3.8) is 0 Å². The predicted molar refractivity (Wildman–Crippen MR) is 62.8 cm³/mol. The minimum atomic E-state index is 0.632. The Morgan fingerprint density at radius 3 is 2.62 bits per heavy atom. The van der Waals surface area contributed by atoms with E-state index >= 15 is 0 Å². The molecule has 0 amide bonds. The molecule has 2 rings (SSSR count). The summed E-state index contributed by atoms with van der Waals surface area (Å²) in [6, 6.07) is 8.22. The van der Waals surface area contributed by atoms with E-state index in [9.17, 15) is 0 Å². The first kappa shape index (κ1) is 10.7. The fourth-order valence-electron chi connectivity index (χ4n) is 1.44. The molecule has 1 aromatic heterocycles. The molecule has 0 fully saturated rings. The highest BCUT2D eigenvalue weighted by molar-refractivity contribution is 5.58. The molecule has 16 heavy (non-hydrogen) atoms. The van der Waals surface area contributed by atoms with Crippen LogP contribution in [-0.4, -0.2) is 22.2 Å². The predicted octanol–water partition coefficient (Wildman–Crippen LogP) is 1.57. The Kier molecular flexibility index (Phi) is 3.22. The van der Waals surface area contributed by atoms with Crippen molar-refractivity contribution in [1.29, 1.82) is 0 Å². The first-order valence-corrected chi connectivity index (χ1v) is 5.20. The maximum atomic E-state index is 4.43. The summed E-state index contributed by atoms with van der Waals surface area (Å²) in [4.78, 5) is 4.43. The van der Waals surface area contributed by atoms with Crippen LogP contribution in [0, 0.1) is 6.92 Å². The number of hydrogen-bond acceptors (Lipinski definition) is 4. The Bertz CT molecular complexity index is 465. The minimum Gasteiger partial charge on any atom is -0.313 e. The van der Waals surface area contributed by atoms with Crippen molar-refractivity contribution >= 4 is 0 Å². The highest BCUT2D eigenvalue weighted by Crippen LogP contribution is 2.15. The van der Waals surface area contributed by atoms with Crippen LogP contribution in [0.4, 0.5) is 0 Å². The normalized spacial score (nSPS) is 10.4. The summed E-state index contributed by atoms with van der Waals surface area (Å²) in [7, 11) is 1.86. The van der Waals surface area contributed by atoms with Crippen LogP contribution in [0.5, 0.6) is 0 Å². The summed E-state index contributed by atoms with van der Waals surface area (Å²) in [5.74, 6) is 0.709. The first-order chi connectivity index (χ1) is 7.79. The zero-order chi connectivity index (χ0) is 11.4. The van der Waals surface area contributed by atoms with E-state index in [1.807, 2.05) is 19.2 Å². The van der Waals surface area contributed by atoms with Crippen LogP contribution in [0.1, 0.15) is 11.4 Å². The van der Waals surface area contributed by atoms with Gasteiger partial charge in [-0.1, -0.05) is 29.8 Å². The molecule has 2 aromatic rings. The number of aromatic nitrogens is 3. The number of nitrogens with zero attached hydrogens (tertiary/aromatic N) is 3. The number of benzene rings is 1. The second-order valence-corrected chi connectivity index (χ2v) is 3.65. The average Bonchev–Trinajstić information content (AvgIpc) is 2.31. The van der Waals surface area contributed by atoms with Gasteiger partial charge < -0.3 is 5.32 Å². The maximum absolute atomic E-state index is 4.43. The van der Waals surface area contributed by atoms with Crippen molar-refractivity contribution in [2.75, 3.05) is 7.05 Å². The fraction of sp³-hybridized carbons (Fsp3) is 0.250. The van der Waals surface area contributed by atoms with Gasteiger partial charge in [0.05, 0.1) is 18.4 Å². The van der Waals surface area contributed by atoms with E-state index in [0.717, 1.165) is 11.3 Å². The lowest BCUT2D eigenvalue weighted by Gasteiger charge is -2.02. The van der Waals surface area contributed by atoms with Crippen LogP contribution in [0.15, 0.2) is 30.5 Å². The third kappa shape index (κ3) is 2.41. The van der Waals surface area contributed by atoms with Gasteiger partial charge in [0.25, 0.3) is 0 Å². The van der Waals surface area contributed by atoms with Gasteiger partial charge in [-0.05, 0) is 14.0 Å². The summed E-state index contributed by atoms with van der Waals surface area (Å²) in [6.45, 7) is 2.70. The van der Waals surface area contributed by atoms with Crippen molar-refractivity contribution in [3.8, 4) is 11.3 Å². The van der Waals surface area contributed by atoms with Crippen molar-refractivity contribution < 1.29 is 0 Å². The summed E-state index contributed by atoms with van der Waals surface area (Å²) in [5, 5.41) is 10.9. The Morgan fingerprint density at radius 2 is 1.94 bits per heavy atom. The lowest BCUT2D eigenvalue weighted by molar-refractivity contribution is 0.731. The number of rotatable bonds is 3. The molecule has 0 saturated heterocycles. The van der Waals surface area contributed by atoms with E-state index in [2.05, 4.69) is 39.6 Å². The average molecular weight is 214 g/mol. The highest BCUT2D eigenvalue weighted by atomic mass is 15.2. The Balaban J connectivity index is 2.32. The fourth-order valence-corrected chi connectivity index (χ4v) is 1.44. The molecule has 0 saturated carbocycles. The second-order valence-electron chi connectivity index (χ2n) is 3.65. The van der Waals surface area contributed by atoms with E-state index < -0.39 is 0 Å². The molecular weight excluding hydrogens is 200 g/mol. The SMILES string of the molecule is CNCc1nncc(-c2ccc(C)cc2)n1. The Morgan fingerprint density at radius 1 is 1.19 bits per heavy atom. The van der Waals surface area contributed by atoms with Gasteiger partial charge in [-0.15, -0.1) is 5.10 Å². The number of nitrogens with one attached hydrogen (secondary N) is 1. The molecule has 1 N–H and O–H groups in total. The van der Waals surface area contributed by atoms with Crippen molar-refractivity contribution in [2.24, 2.45) is 0 Å². The molecule has 1 heterocycles. The molecule has 4 nitrogen and oxygen atoms in total. The van der Waals surface area contributed by atoms with E-state index in [4.69, 9.17) is 0 Å². The van der Waals surface area contributed by atoms with Crippen LogP contribution in [-0.2, 0) is 6.54 Å². The second kappa shape index (κ2) is 4.81. The summed E-state index contributed by atoms with van der Waals surface area (Å²) in [5.41, 5.74) is 3.17. The zero-order valence-electron chi connectivity index (χ0n) is 9.44. The molecule has 0 bridgehead atoms. The van der Waals surface area contributed by atoms with E-state index in [1.54, 1.807) is 6.20 Å². The van der Waals surface area contributed by atoms with Gasteiger partial charge in [0.15, 0.2) is 5.82 Å². The monoisotopic (exact) mass is 214 g/mol. The molecule has 0 radical (unpaired) electrons. The molecule has 0 atom stereocenters. The molecule has 0 spiro atoms. The Hall–Kier alpha value is -1.81. The van der Waals surface area contributed by atoms with Gasteiger partial charge in [0.2, 0.25) is 0 Å². The quantitative estimate of drug-likeness (QED) is 0.842. The molecule has 0 unspecified atom stereocenters. The van der Waals surface area contributed by atoms with Gasteiger partial charge in [-0.3, -0.25) is 0 Å². The minimum absolute atomic E-state index is 0.632. The topological polar surface area (TPSA) is 50.7 Å². The summed E-state index contributed by atoms with van der Waals surface area (Å²) < 4.78 is 0. The zero-order valence-corrected chi connectivity index (χ0v) is 9.44. The van der Waals surface area contributed by atoms with E-state index in [1.165, 1.54) is 5.56 Å². The van der Waals surface area contributed by atoms with Gasteiger partial charge >= 0.3 is 0 Å². The molecule has 82 valence electrons. The van der Waals surface area contributed by atoms with Crippen LogP contribution in [0.25, 0.3) is 11.3 Å². The summed E-state index contributed by atoms with van der Waals surface area (Å²) in [6.07, 6.45) is 1.68. The van der Waals surface area contributed by atoms with Gasteiger partial charge in [0, 0.05) is 5.56 Å². The lowest BCUT2D eigenvalue weighted by Crippen LogP contribution is -2.10. The van der Waals surface area contributed by atoms with Crippen LogP contribution >= 0.6 is 0 Å². The Labute approximate surface area is 94.8 Å². The first-order valence-electron chi connectivity index (χ1n) is 5.20. The molecular formula is C12H14N4. The largest absolute Gasteiger partial charge is 0.313 e. The van der Waals surface area contributed by atoms with Crippen molar-refractivity contribution in [3.05, 3.63) is 41.9 Å². The lowest BCUT2D eigenvalue weighted by atomic mass is 10.1. The molecule has 0 aliphatic rings. The van der Waals surface area contributed by atoms with E-state index in [-0.39, 0.29) is 0 Å². The van der Waals surface area contributed by atoms with Gasteiger partial charge in [-0.2, -0.15) is 5.10 Å². The van der Waals surface area contributed by atoms with Crippen LogP contribution in [0.2, 0.25) is 0 Å². The molecule has 0 aliphatic carbocycles. The number of aryl methyl sites for hydroxylation is 1. The van der Waals surface area contributed by atoms with Crippen LogP contribution in [0.3, 0.4) is 0 Å². The third-order valence-electron chi connectivity index (χ3n) is 2.28. The van der Waals surface area contributed by atoms with Crippen LogP contribution < -0.4 is 5.32 Å². The molecule has 1 aromatic carbocycles. The number of hydrogen-bond donors (Lipinski definition) is 1. The molecule has 0 aliphatic heterocycles. The smallest absolute Gasteiger partial charge is 0.165 e. The standard InChI is InChI=1S/C12H14N4/c1-9-3-5-10(6-4-9)11-7-14-16-12(15-11)8-13-2/h3-7,13H,8H2,1-2H3. The summed E-state index contributed by atoms with van der Waals surface area (Å²) >= 11 is 0. The highest BCUT2D eigenvalue weighted by Gasteiger charge is 2.02. The van der Waals surface area contributed by atoms with E-state index in [0.29, 0.717) is 12.4 Å². The maximum Gasteiger partial charge on any atom is 0.165 e. The van der Waals surface area contributed by atoms with Gasteiger partial charge in [0.1, 0.15) is 0 Å².